The zero-order valence-electron chi connectivity index (χ0n) is 11.1. The Labute approximate surface area is 113 Å². The number of hydrogen-bond donors (Lipinski definition) is 1. The van der Waals surface area contributed by atoms with Crippen LogP contribution >= 0.6 is 11.6 Å². The molecular weight excluding hydrogens is 248 g/mol. The molecule has 1 aromatic carbocycles. The lowest BCUT2D eigenvalue weighted by Gasteiger charge is -2.39. The van der Waals surface area contributed by atoms with E-state index in [1.165, 1.54) is 0 Å². The first-order valence-corrected chi connectivity index (χ1v) is 6.57. The van der Waals surface area contributed by atoms with Crippen LogP contribution in [0.1, 0.15) is 29.8 Å². The highest BCUT2D eigenvalue weighted by Gasteiger charge is 2.29. The molecule has 0 aliphatic carbocycles. The minimum atomic E-state index is -0.0185. The number of piperazine rings is 1. The summed E-state index contributed by atoms with van der Waals surface area (Å²) in [6.07, 6.45) is 0. The summed E-state index contributed by atoms with van der Waals surface area (Å²) in [5.41, 5.74) is 1.64. The summed E-state index contributed by atoms with van der Waals surface area (Å²) < 4.78 is 0. The summed E-state index contributed by atoms with van der Waals surface area (Å²) in [5.74, 6) is 0.0874. The first kappa shape index (κ1) is 13.4. The van der Waals surface area contributed by atoms with Crippen molar-refractivity contribution < 1.29 is 4.79 Å². The zero-order chi connectivity index (χ0) is 13.3. The topological polar surface area (TPSA) is 32.3 Å². The van der Waals surface area contributed by atoms with Gasteiger partial charge in [0.05, 0.1) is 0 Å². The van der Waals surface area contributed by atoms with Crippen LogP contribution in [-0.4, -0.2) is 36.0 Å². The largest absolute Gasteiger partial charge is 0.336 e. The van der Waals surface area contributed by atoms with Crippen molar-refractivity contribution in [2.24, 2.45) is 0 Å². The lowest BCUT2D eigenvalue weighted by atomic mass is 10.0. The highest BCUT2D eigenvalue weighted by atomic mass is 35.5. The fraction of sp³-hybridized carbons (Fsp3) is 0.500. The van der Waals surface area contributed by atoms with Crippen molar-refractivity contribution in [2.45, 2.75) is 26.3 Å². The maximum Gasteiger partial charge on any atom is 0.253 e. The molecule has 0 bridgehead atoms. The second-order valence-corrected chi connectivity index (χ2v) is 5.91. The number of rotatable bonds is 1. The first-order valence-electron chi connectivity index (χ1n) is 6.19. The van der Waals surface area contributed by atoms with E-state index in [0.29, 0.717) is 5.02 Å². The first-order chi connectivity index (χ1) is 8.39. The molecule has 1 heterocycles. The molecule has 1 saturated heterocycles. The number of halogens is 1. The monoisotopic (exact) mass is 266 g/mol. The van der Waals surface area contributed by atoms with Crippen LogP contribution < -0.4 is 5.32 Å². The van der Waals surface area contributed by atoms with Gasteiger partial charge in [-0.05, 0) is 44.5 Å². The van der Waals surface area contributed by atoms with Crippen LogP contribution in [0.5, 0.6) is 0 Å². The van der Waals surface area contributed by atoms with Gasteiger partial charge in [-0.2, -0.15) is 0 Å². The van der Waals surface area contributed by atoms with Crippen LogP contribution in [0.25, 0.3) is 0 Å². The number of nitrogens with one attached hydrogen (secondary N) is 1. The molecule has 3 nitrogen and oxygen atoms in total. The van der Waals surface area contributed by atoms with Gasteiger partial charge in [-0.15, -0.1) is 0 Å². The van der Waals surface area contributed by atoms with Gasteiger partial charge in [-0.3, -0.25) is 4.79 Å². The van der Waals surface area contributed by atoms with Crippen molar-refractivity contribution in [2.75, 3.05) is 19.6 Å². The van der Waals surface area contributed by atoms with Gasteiger partial charge in [-0.1, -0.05) is 11.6 Å². The average molecular weight is 267 g/mol. The Kier molecular flexibility index (Phi) is 3.64. The molecule has 1 aliphatic heterocycles. The summed E-state index contributed by atoms with van der Waals surface area (Å²) in [6, 6.07) is 5.45. The average Bonchev–Trinajstić information content (AvgIpc) is 2.30. The van der Waals surface area contributed by atoms with Gasteiger partial charge in [0.1, 0.15) is 0 Å². The minimum absolute atomic E-state index is 0.0185. The van der Waals surface area contributed by atoms with Gasteiger partial charge < -0.3 is 10.2 Å². The van der Waals surface area contributed by atoms with Crippen LogP contribution in [0.15, 0.2) is 18.2 Å². The molecular formula is C14H19ClN2O. The lowest BCUT2D eigenvalue weighted by molar-refractivity contribution is 0.0652. The Balaban J connectivity index is 2.18. The van der Waals surface area contributed by atoms with Crippen molar-refractivity contribution in [3.63, 3.8) is 0 Å². The molecule has 1 fully saturated rings. The van der Waals surface area contributed by atoms with Crippen LogP contribution in [0.4, 0.5) is 0 Å². The molecule has 0 radical (unpaired) electrons. The zero-order valence-corrected chi connectivity index (χ0v) is 11.8. The van der Waals surface area contributed by atoms with E-state index in [-0.39, 0.29) is 11.4 Å². The van der Waals surface area contributed by atoms with Crippen molar-refractivity contribution in [1.29, 1.82) is 0 Å². The quantitative estimate of drug-likeness (QED) is 0.847. The number of aryl methyl sites for hydroxylation is 1. The highest BCUT2D eigenvalue weighted by Crippen LogP contribution is 2.19. The molecule has 1 aliphatic rings. The maximum atomic E-state index is 12.4. The molecule has 0 spiro atoms. The molecule has 0 atom stereocenters. The molecule has 4 heteroatoms. The van der Waals surface area contributed by atoms with E-state index in [2.05, 4.69) is 19.2 Å². The lowest BCUT2D eigenvalue weighted by Crippen LogP contribution is -2.58. The SMILES string of the molecule is Cc1cc(C(=O)N2CCNC(C)(C)C2)ccc1Cl. The van der Waals surface area contributed by atoms with Crippen molar-refractivity contribution >= 4 is 17.5 Å². The summed E-state index contributed by atoms with van der Waals surface area (Å²) >= 11 is 5.98. The Morgan fingerprint density at radius 2 is 2.17 bits per heavy atom. The number of amides is 1. The van der Waals surface area contributed by atoms with E-state index < -0.39 is 0 Å². The van der Waals surface area contributed by atoms with E-state index in [1.54, 1.807) is 12.1 Å². The standard InChI is InChI=1S/C14H19ClN2O/c1-10-8-11(4-5-12(10)15)13(18)17-7-6-16-14(2,3)9-17/h4-5,8,16H,6-7,9H2,1-3H3. The molecule has 1 N–H and O–H groups in total. The predicted molar refractivity (Wildman–Crippen MR) is 74.2 cm³/mol. The third-order valence-corrected chi connectivity index (χ3v) is 3.69. The van der Waals surface area contributed by atoms with Gasteiger partial charge in [-0.25, -0.2) is 0 Å². The fourth-order valence-electron chi connectivity index (χ4n) is 2.28. The van der Waals surface area contributed by atoms with Gasteiger partial charge in [0.15, 0.2) is 0 Å². The summed E-state index contributed by atoms with van der Waals surface area (Å²) in [7, 11) is 0. The van der Waals surface area contributed by atoms with Gasteiger partial charge >= 0.3 is 0 Å². The van der Waals surface area contributed by atoms with Crippen molar-refractivity contribution in [3.8, 4) is 0 Å². The maximum absolute atomic E-state index is 12.4. The van der Waals surface area contributed by atoms with Crippen LogP contribution in [0, 0.1) is 6.92 Å². The van der Waals surface area contributed by atoms with Crippen LogP contribution in [-0.2, 0) is 0 Å². The van der Waals surface area contributed by atoms with Gasteiger partial charge in [0.2, 0.25) is 0 Å². The molecule has 0 saturated carbocycles. The Morgan fingerprint density at radius 3 is 2.78 bits per heavy atom. The van der Waals surface area contributed by atoms with E-state index in [1.807, 2.05) is 17.9 Å². The van der Waals surface area contributed by atoms with Gasteiger partial charge in [0.25, 0.3) is 5.91 Å². The predicted octanol–water partition coefficient (Wildman–Crippen LogP) is 2.47. The van der Waals surface area contributed by atoms with E-state index in [4.69, 9.17) is 11.6 Å². The molecule has 18 heavy (non-hydrogen) atoms. The molecule has 2 rings (SSSR count). The van der Waals surface area contributed by atoms with E-state index in [0.717, 1.165) is 30.8 Å². The Morgan fingerprint density at radius 1 is 1.44 bits per heavy atom. The van der Waals surface area contributed by atoms with Crippen molar-refractivity contribution in [1.82, 2.24) is 10.2 Å². The number of benzene rings is 1. The van der Waals surface area contributed by atoms with Crippen LogP contribution in [0.2, 0.25) is 5.02 Å². The summed E-state index contributed by atoms with van der Waals surface area (Å²) in [5, 5.41) is 4.10. The number of nitrogens with zero attached hydrogens (tertiary/aromatic N) is 1. The molecule has 0 unspecified atom stereocenters. The third-order valence-electron chi connectivity index (χ3n) is 3.26. The van der Waals surface area contributed by atoms with E-state index >= 15 is 0 Å². The van der Waals surface area contributed by atoms with Crippen LogP contribution in [0.3, 0.4) is 0 Å². The highest BCUT2D eigenvalue weighted by molar-refractivity contribution is 6.31. The van der Waals surface area contributed by atoms with Crippen molar-refractivity contribution in [3.05, 3.63) is 34.3 Å². The smallest absolute Gasteiger partial charge is 0.253 e. The normalized spacial score (nSPS) is 18.8. The number of carbonyl (C=O) groups excluding carboxylic acids is 1. The molecule has 1 amide bonds. The Hall–Kier alpha value is -1.06. The summed E-state index contributed by atoms with van der Waals surface area (Å²) in [6.45, 7) is 8.46. The molecule has 0 aromatic heterocycles. The summed E-state index contributed by atoms with van der Waals surface area (Å²) in [4.78, 5) is 14.3. The van der Waals surface area contributed by atoms with E-state index in [9.17, 15) is 4.79 Å². The molecule has 98 valence electrons. The van der Waals surface area contributed by atoms with Gasteiger partial charge in [0, 0.05) is 35.8 Å². The Bertz CT molecular complexity index is 471. The number of carbonyl (C=O) groups is 1. The number of hydrogen-bond acceptors (Lipinski definition) is 2. The second-order valence-electron chi connectivity index (χ2n) is 5.50. The minimum Gasteiger partial charge on any atom is -0.336 e. The fourth-order valence-corrected chi connectivity index (χ4v) is 2.39. The third kappa shape index (κ3) is 2.85. The molecule has 1 aromatic rings. The second kappa shape index (κ2) is 4.90.